The Morgan fingerprint density at radius 1 is 1.04 bits per heavy atom. The summed E-state index contributed by atoms with van der Waals surface area (Å²) in [5.74, 6) is 1.17. The molecule has 0 bridgehead atoms. The van der Waals surface area contributed by atoms with Gasteiger partial charge >= 0.3 is 0 Å². The van der Waals surface area contributed by atoms with Crippen molar-refractivity contribution in [1.82, 2.24) is 19.4 Å². The van der Waals surface area contributed by atoms with E-state index in [1.807, 2.05) is 12.4 Å². The highest BCUT2D eigenvalue weighted by atomic mass is 15.2. The van der Waals surface area contributed by atoms with E-state index in [4.69, 9.17) is 0 Å². The summed E-state index contributed by atoms with van der Waals surface area (Å²) < 4.78 is 2.14. The number of rotatable bonds is 3. The van der Waals surface area contributed by atoms with Crippen molar-refractivity contribution in [2.45, 2.75) is 31.8 Å². The van der Waals surface area contributed by atoms with Crippen LogP contribution in [0.15, 0.2) is 36.7 Å². The predicted octanol–water partition coefficient (Wildman–Crippen LogP) is 2.10. The Hall–Kier alpha value is -1.65. The normalized spacial score (nSPS) is 20.6. The number of fused-ring (bicyclic) bond motifs is 1. The van der Waals surface area contributed by atoms with Crippen LogP contribution in [0.5, 0.6) is 0 Å². The molecule has 1 aliphatic carbocycles. The Bertz CT molecular complexity index is 638. The van der Waals surface area contributed by atoms with E-state index < -0.39 is 0 Å². The highest BCUT2D eigenvalue weighted by Gasteiger charge is 2.28. The molecule has 4 heteroatoms. The maximum absolute atomic E-state index is 4.47. The molecule has 2 aliphatic rings. The Morgan fingerprint density at radius 3 is 2.52 bits per heavy atom. The Morgan fingerprint density at radius 2 is 1.83 bits per heavy atom. The fraction of sp³-hybridized carbons (Fsp3) is 0.526. The quantitative estimate of drug-likeness (QED) is 0.868. The van der Waals surface area contributed by atoms with E-state index >= 15 is 0 Å². The zero-order valence-corrected chi connectivity index (χ0v) is 14.0. The molecule has 0 saturated carbocycles. The molecule has 1 aromatic heterocycles. The molecule has 1 aliphatic heterocycles. The minimum atomic E-state index is 0.709. The Kier molecular flexibility index (Phi) is 4.19. The van der Waals surface area contributed by atoms with E-state index in [1.165, 1.54) is 44.7 Å². The molecule has 4 nitrogen and oxygen atoms in total. The van der Waals surface area contributed by atoms with Gasteiger partial charge in [-0.05, 0) is 43.5 Å². The average Bonchev–Trinajstić information content (AvgIpc) is 3.08. The molecule has 122 valence electrons. The number of hydrogen-bond acceptors (Lipinski definition) is 3. The van der Waals surface area contributed by atoms with Crippen molar-refractivity contribution < 1.29 is 0 Å². The van der Waals surface area contributed by atoms with Crippen molar-refractivity contribution in [3.63, 3.8) is 0 Å². The number of imidazole rings is 1. The van der Waals surface area contributed by atoms with Gasteiger partial charge in [-0.25, -0.2) is 4.98 Å². The molecule has 23 heavy (non-hydrogen) atoms. The van der Waals surface area contributed by atoms with Crippen molar-refractivity contribution in [2.24, 2.45) is 7.05 Å². The van der Waals surface area contributed by atoms with Crippen LogP contribution in [-0.4, -0.2) is 51.6 Å². The van der Waals surface area contributed by atoms with Crippen molar-refractivity contribution in [1.29, 1.82) is 0 Å². The first kappa shape index (κ1) is 14.9. The SMILES string of the molecule is Cn1ccnc1CN1CCCN(C2Cc3ccccc3C2)CC1. The van der Waals surface area contributed by atoms with Crippen molar-refractivity contribution >= 4 is 0 Å². The van der Waals surface area contributed by atoms with Gasteiger partial charge < -0.3 is 4.57 Å². The molecule has 0 unspecified atom stereocenters. The van der Waals surface area contributed by atoms with Gasteiger partial charge in [0.05, 0.1) is 6.54 Å². The van der Waals surface area contributed by atoms with Crippen LogP contribution < -0.4 is 0 Å². The highest BCUT2D eigenvalue weighted by molar-refractivity contribution is 5.33. The van der Waals surface area contributed by atoms with Crippen LogP contribution in [0.2, 0.25) is 0 Å². The van der Waals surface area contributed by atoms with Gasteiger partial charge in [0.25, 0.3) is 0 Å². The van der Waals surface area contributed by atoms with Gasteiger partial charge in [0, 0.05) is 38.6 Å². The molecular weight excluding hydrogens is 284 g/mol. The second kappa shape index (κ2) is 6.46. The third-order valence-electron chi connectivity index (χ3n) is 5.45. The van der Waals surface area contributed by atoms with E-state index in [-0.39, 0.29) is 0 Å². The average molecular weight is 310 g/mol. The first-order valence-electron chi connectivity index (χ1n) is 8.79. The third-order valence-corrected chi connectivity index (χ3v) is 5.45. The Balaban J connectivity index is 1.36. The van der Waals surface area contributed by atoms with E-state index in [9.17, 15) is 0 Å². The van der Waals surface area contributed by atoms with Crippen LogP contribution in [0, 0.1) is 0 Å². The first-order valence-corrected chi connectivity index (χ1v) is 8.79. The molecule has 0 amide bonds. The smallest absolute Gasteiger partial charge is 0.122 e. The molecule has 0 atom stereocenters. The summed E-state index contributed by atoms with van der Waals surface area (Å²) in [6, 6.07) is 9.68. The molecule has 1 saturated heterocycles. The van der Waals surface area contributed by atoms with Gasteiger partial charge in [-0.15, -0.1) is 0 Å². The monoisotopic (exact) mass is 310 g/mol. The maximum atomic E-state index is 4.47. The van der Waals surface area contributed by atoms with Gasteiger partial charge in [-0.1, -0.05) is 24.3 Å². The summed E-state index contributed by atoms with van der Waals surface area (Å²) in [6.45, 7) is 5.73. The molecular formula is C19H26N4. The molecule has 2 aromatic rings. The lowest BCUT2D eigenvalue weighted by atomic mass is 10.1. The van der Waals surface area contributed by atoms with Crippen molar-refractivity contribution in [2.75, 3.05) is 26.2 Å². The van der Waals surface area contributed by atoms with Crippen LogP contribution in [0.1, 0.15) is 23.4 Å². The van der Waals surface area contributed by atoms with E-state index in [0.717, 1.165) is 13.1 Å². The molecule has 0 radical (unpaired) electrons. The van der Waals surface area contributed by atoms with Crippen LogP contribution in [0.4, 0.5) is 0 Å². The minimum absolute atomic E-state index is 0.709. The zero-order chi connectivity index (χ0) is 15.6. The molecule has 4 rings (SSSR count). The van der Waals surface area contributed by atoms with Gasteiger partial charge in [-0.3, -0.25) is 9.80 Å². The summed E-state index contributed by atoms with van der Waals surface area (Å²) in [6.07, 6.45) is 7.66. The lowest BCUT2D eigenvalue weighted by Crippen LogP contribution is -2.39. The molecule has 0 N–H and O–H groups in total. The number of benzene rings is 1. The summed E-state index contributed by atoms with van der Waals surface area (Å²) >= 11 is 0. The second-order valence-corrected chi connectivity index (χ2v) is 6.95. The van der Waals surface area contributed by atoms with Gasteiger partial charge in [0.15, 0.2) is 0 Å². The highest BCUT2D eigenvalue weighted by Crippen LogP contribution is 2.26. The van der Waals surface area contributed by atoms with Gasteiger partial charge in [0.1, 0.15) is 5.82 Å². The molecule has 0 spiro atoms. The number of aryl methyl sites for hydroxylation is 1. The lowest BCUT2D eigenvalue weighted by molar-refractivity contribution is 0.199. The topological polar surface area (TPSA) is 24.3 Å². The second-order valence-electron chi connectivity index (χ2n) is 6.95. The maximum Gasteiger partial charge on any atom is 0.122 e. The van der Waals surface area contributed by atoms with Crippen LogP contribution in [-0.2, 0) is 26.4 Å². The number of hydrogen-bond donors (Lipinski definition) is 0. The fourth-order valence-electron chi connectivity index (χ4n) is 4.06. The standard InChI is InChI=1S/C19H26N4/c1-21-10-7-20-19(21)15-22-8-4-9-23(12-11-22)18-13-16-5-2-3-6-17(16)14-18/h2-3,5-7,10,18H,4,8-9,11-15H2,1H3. The van der Waals surface area contributed by atoms with Crippen LogP contribution >= 0.6 is 0 Å². The van der Waals surface area contributed by atoms with Gasteiger partial charge in [0.2, 0.25) is 0 Å². The summed E-state index contributed by atoms with van der Waals surface area (Å²) in [5, 5.41) is 0. The fourth-order valence-corrected chi connectivity index (χ4v) is 4.06. The van der Waals surface area contributed by atoms with E-state index in [1.54, 1.807) is 11.1 Å². The van der Waals surface area contributed by atoms with E-state index in [2.05, 4.69) is 50.7 Å². The van der Waals surface area contributed by atoms with Crippen molar-refractivity contribution in [3.05, 3.63) is 53.6 Å². The predicted molar refractivity (Wildman–Crippen MR) is 92.3 cm³/mol. The first-order chi connectivity index (χ1) is 11.3. The minimum Gasteiger partial charge on any atom is -0.337 e. The van der Waals surface area contributed by atoms with Crippen molar-refractivity contribution in [3.8, 4) is 0 Å². The van der Waals surface area contributed by atoms with E-state index in [0.29, 0.717) is 6.04 Å². The third kappa shape index (κ3) is 3.19. The molecule has 2 heterocycles. The number of aromatic nitrogens is 2. The van der Waals surface area contributed by atoms with Crippen LogP contribution in [0.25, 0.3) is 0 Å². The lowest BCUT2D eigenvalue weighted by Gasteiger charge is -2.27. The molecule has 1 aromatic carbocycles. The number of nitrogens with zero attached hydrogens (tertiary/aromatic N) is 4. The Labute approximate surface area is 138 Å². The van der Waals surface area contributed by atoms with Crippen LogP contribution in [0.3, 0.4) is 0 Å². The van der Waals surface area contributed by atoms with Gasteiger partial charge in [-0.2, -0.15) is 0 Å². The summed E-state index contributed by atoms with van der Waals surface area (Å²) in [5.41, 5.74) is 3.12. The molecule has 1 fully saturated rings. The zero-order valence-electron chi connectivity index (χ0n) is 14.0. The summed E-state index contributed by atoms with van der Waals surface area (Å²) in [7, 11) is 2.09. The largest absolute Gasteiger partial charge is 0.337 e. The summed E-state index contributed by atoms with van der Waals surface area (Å²) in [4.78, 5) is 9.75.